The van der Waals surface area contributed by atoms with Crippen molar-refractivity contribution in [2.75, 3.05) is 0 Å². The third-order valence-corrected chi connectivity index (χ3v) is 6.14. The zero-order valence-electron chi connectivity index (χ0n) is 20.8. The normalized spacial score (nSPS) is 11.8. The van der Waals surface area contributed by atoms with Gasteiger partial charge in [-0.2, -0.15) is 13.2 Å². The Morgan fingerprint density at radius 1 is 0.923 bits per heavy atom. The number of ether oxygens (including phenoxy) is 1. The number of alkyl halides is 3. The molecule has 3 aromatic carbocycles. The minimum atomic E-state index is -4.41. The van der Waals surface area contributed by atoms with E-state index in [1.165, 1.54) is 6.07 Å². The van der Waals surface area contributed by atoms with E-state index >= 15 is 0 Å². The molecule has 0 saturated carbocycles. The van der Waals surface area contributed by atoms with Crippen molar-refractivity contribution in [3.63, 3.8) is 0 Å². The molecule has 0 amide bonds. The molecule has 4 rings (SSSR count). The molecule has 1 aromatic heterocycles. The highest BCUT2D eigenvalue weighted by Gasteiger charge is 2.30. The Labute approximate surface area is 222 Å². The number of benzene rings is 3. The molecule has 0 atom stereocenters. The van der Waals surface area contributed by atoms with Crippen LogP contribution in [0.4, 0.5) is 13.2 Å². The summed E-state index contributed by atoms with van der Waals surface area (Å²) in [5, 5.41) is 19.2. The van der Waals surface area contributed by atoms with Crippen molar-refractivity contribution in [1.29, 1.82) is 0 Å². The van der Waals surface area contributed by atoms with Crippen molar-refractivity contribution >= 4 is 35.0 Å². The number of carboxylic acid groups (broad SMARTS) is 2. The Kier molecular flexibility index (Phi) is 8.39. The van der Waals surface area contributed by atoms with Crippen molar-refractivity contribution < 1.29 is 37.7 Å². The second kappa shape index (κ2) is 11.9. The van der Waals surface area contributed by atoms with E-state index < -0.39 is 23.7 Å². The van der Waals surface area contributed by atoms with Gasteiger partial charge in [0.1, 0.15) is 12.4 Å². The first-order valence-corrected chi connectivity index (χ1v) is 12.2. The fourth-order valence-electron chi connectivity index (χ4n) is 4.36. The number of rotatable bonds is 11. The first kappa shape index (κ1) is 27.5. The third-order valence-electron chi connectivity index (χ3n) is 6.14. The Balaban J connectivity index is 1.50. The van der Waals surface area contributed by atoms with E-state index in [-0.39, 0.29) is 19.4 Å². The van der Waals surface area contributed by atoms with Crippen molar-refractivity contribution in [2.45, 2.75) is 38.6 Å². The molecular formula is C30H26F3NO5. The molecule has 0 spiro atoms. The van der Waals surface area contributed by atoms with Crippen LogP contribution in [0, 0.1) is 0 Å². The van der Waals surface area contributed by atoms with Crippen LogP contribution in [0.3, 0.4) is 0 Å². The number of carboxylic acids is 2. The Morgan fingerprint density at radius 2 is 1.67 bits per heavy atom. The Morgan fingerprint density at radius 3 is 2.36 bits per heavy atom. The van der Waals surface area contributed by atoms with Gasteiger partial charge in [0.05, 0.1) is 12.0 Å². The molecule has 0 aliphatic heterocycles. The zero-order chi connectivity index (χ0) is 28.0. The van der Waals surface area contributed by atoms with Gasteiger partial charge in [0.15, 0.2) is 0 Å². The molecule has 6 nitrogen and oxygen atoms in total. The molecule has 0 fully saturated rings. The Bertz CT molecular complexity index is 1500. The molecule has 202 valence electrons. The number of nitrogens with zero attached hydrogens (tertiary/aromatic N) is 1. The predicted octanol–water partition coefficient (Wildman–Crippen LogP) is 6.90. The summed E-state index contributed by atoms with van der Waals surface area (Å²) in [5.41, 5.74) is 2.84. The van der Waals surface area contributed by atoms with Gasteiger partial charge in [0, 0.05) is 30.1 Å². The lowest BCUT2D eigenvalue weighted by Crippen LogP contribution is -2.06. The van der Waals surface area contributed by atoms with Gasteiger partial charge in [0.25, 0.3) is 0 Å². The number of fused-ring (bicyclic) bond motifs is 1. The van der Waals surface area contributed by atoms with E-state index in [2.05, 4.69) is 0 Å². The van der Waals surface area contributed by atoms with Gasteiger partial charge >= 0.3 is 18.1 Å². The summed E-state index contributed by atoms with van der Waals surface area (Å²) in [6.45, 7) is 0.453. The average molecular weight is 538 g/mol. The standard InChI is InChI=1S/C30H26F3NO5/c31-30(32,33)24-6-1-4-21(16-24)19-39-25-13-10-20(11-14-25)9-12-22-5-2-7-26-29(22)23(17-28(37)38)18-34(26)15-3-8-27(35)36/h1-2,4-7,9-14,16,18H,3,8,15,17,19H2,(H,35,36)(H,37,38). The number of aromatic nitrogens is 1. The van der Waals surface area contributed by atoms with Crippen molar-refractivity contribution in [3.8, 4) is 5.75 Å². The lowest BCUT2D eigenvalue weighted by Gasteiger charge is -2.10. The largest absolute Gasteiger partial charge is 0.489 e. The summed E-state index contributed by atoms with van der Waals surface area (Å²) in [5.74, 6) is -1.33. The summed E-state index contributed by atoms with van der Waals surface area (Å²) in [4.78, 5) is 22.4. The SMILES string of the molecule is O=C(O)CCCn1cc(CC(=O)O)c2c(C=Cc3ccc(OCc4cccc(C(F)(F)F)c4)cc3)cccc21. The molecule has 0 unspecified atom stereocenters. The predicted molar refractivity (Wildman–Crippen MR) is 141 cm³/mol. The number of hydrogen-bond acceptors (Lipinski definition) is 3. The van der Waals surface area contributed by atoms with E-state index in [9.17, 15) is 27.9 Å². The molecular weight excluding hydrogens is 511 g/mol. The molecule has 0 saturated heterocycles. The maximum absolute atomic E-state index is 12.9. The van der Waals surface area contributed by atoms with Crippen LogP contribution in [0.15, 0.2) is 72.9 Å². The van der Waals surface area contributed by atoms with Gasteiger partial charge in [-0.3, -0.25) is 9.59 Å². The lowest BCUT2D eigenvalue weighted by molar-refractivity contribution is -0.138. The van der Waals surface area contributed by atoms with E-state index in [1.807, 2.05) is 47.1 Å². The van der Waals surface area contributed by atoms with Gasteiger partial charge in [0.2, 0.25) is 0 Å². The molecule has 0 aliphatic rings. The molecule has 39 heavy (non-hydrogen) atoms. The van der Waals surface area contributed by atoms with Crippen LogP contribution in [0.25, 0.3) is 23.1 Å². The average Bonchev–Trinajstić information content (AvgIpc) is 3.23. The summed E-state index contributed by atoms with van der Waals surface area (Å²) in [6, 6.07) is 17.7. The quantitative estimate of drug-likeness (QED) is 0.203. The highest BCUT2D eigenvalue weighted by atomic mass is 19.4. The minimum absolute atomic E-state index is 0.00306. The number of halogens is 3. The van der Waals surface area contributed by atoms with Crippen LogP contribution >= 0.6 is 0 Å². The molecule has 9 heteroatoms. The van der Waals surface area contributed by atoms with Crippen LogP contribution in [-0.2, 0) is 35.3 Å². The number of hydrogen-bond donors (Lipinski definition) is 2. The molecule has 2 N–H and O–H groups in total. The van der Waals surface area contributed by atoms with Gasteiger partial charge in [-0.15, -0.1) is 0 Å². The maximum atomic E-state index is 12.9. The first-order chi connectivity index (χ1) is 18.6. The molecule has 1 heterocycles. The summed E-state index contributed by atoms with van der Waals surface area (Å²) >= 11 is 0. The fourth-order valence-corrected chi connectivity index (χ4v) is 4.36. The maximum Gasteiger partial charge on any atom is 0.416 e. The van der Waals surface area contributed by atoms with Crippen molar-refractivity contribution in [1.82, 2.24) is 4.57 Å². The number of aryl methyl sites for hydroxylation is 1. The van der Waals surface area contributed by atoms with Crippen molar-refractivity contribution in [2.24, 2.45) is 0 Å². The van der Waals surface area contributed by atoms with Gasteiger partial charge in [-0.1, -0.05) is 48.6 Å². The van der Waals surface area contributed by atoms with Crippen LogP contribution in [0.5, 0.6) is 5.75 Å². The fraction of sp³-hybridized carbons (Fsp3) is 0.200. The molecule has 0 radical (unpaired) electrons. The summed E-state index contributed by atoms with van der Waals surface area (Å²) in [6.07, 6.45) is 1.40. The lowest BCUT2D eigenvalue weighted by atomic mass is 10.0. The van der Waals surface area contributed by atoms with Crippen LogP contribution in [0.1, 0.15) is 40.7 Å². The van der Waals surface area contributed by atoms with Crippen LogP contribution < -0.4 is 4.74 Å². The molecule has 4 aromatic rings. The van der Waals surface area contributed by atoms with Crippen LogP contribution in [0.2, 0.25) is 0 Å². The third kappa shape index (κ3) is 7.28. The van der Waals surface area contributed by atoms with E-state index in [0.29, 0.717) is 29.8 Å². The topological polar surface area (TPSA) is 88.8 Å². The monoisotopic (exact) mass is 537 g/mol. The summed E-state index contributed by atoms with van der Waals surface area (Å²) < 4.78 is 46.3. The Hall–Kier alpha value is -4.53. The number of carbonyl (C=O) groups is 2. The van der Waals surface area contributed by atoms with Gasteiger partial charge in [-0.05, 0) is 59.0 Å². The molecule has 0 bridgehead atoms. The zero-order valence-corrected chi connectivity index (χ0v) is 20.8. The summed E-state index contributed by atoms with van der Waals surface area (Å²) in [7, 11) is 0. The second-order valence-electron chi connectivity index (χ2n) is 9.05. The van der Waals surface area contributed by atoms with E-state index in [4.69, 9.17) is 9.84 Å². The minimum Gasteiger partial charge on any atom is -0.489 e. The van der Waals surface area contributed by atoms with Crippen LogP contribution in [-0.4, -0.2) is 26.7 Å². The van der Waals surface area contributed by atoms with Gasteiger partial charge in [-0.25, -0.2) is 0 Å². The van der Waals surface area contributed by atoms with E-state index in [1.54, 1.807) is 24.4 Å². The smallest absolute Gasteiger partial charge is 0.416 e. The highest BCUT2D eigenvalue weighted by Crippen LogP contribution is 2.30. The molecule has 0 aliphatic carbocycles. The van der Waals surface area contributed by atoms with Gasteiger partial charge < -0.3 is 19.5 Å². The number of aliphatic carboxylic acids is 2. The highest BCUT2D eigenvalue weighted by molar-refractivity contribution is 5.96. The first-order valence-electron chi connectivity index (χ1n) is 12.2. The second-order valence-corrected chi connectivity index (χ2v) is 9.05. The van der Waals surface area contributed by atoms with Crippen molar-refractivity contribution in [3.05, 3.63) is 101 Å². The van der Waals surface area contributed by atoms with E-state index in [0.717, 1.165) is 34.2 Å².